The highest BCUT2D eigenvalue weighted by Crippen LogP contribution is 2.10. The zero-order valence-electron chi connectivity index (χ0n) is 8.39. The fourth-order valence-electron chi connectivity index (χ4n) is 0.621. The minimum absolute atomic E-state index is 0.411. The smallest absolute Gasteiger partial charge is 0.249 e. The topological polar surface area (TPSA) is 52.3 Å². The Morgan fingerprint density at radius 1 is 1.50 bits per heavy atom. The van der Waals surface area contributed by atoms with Gasteiger partial charge in [0.05, 0.1) is 0 Å². The van der Waals surface area contributed by atoms with E-state index in [9.17, 15) is 4.79 Å². The average Bonchev–Trinajstić information content (AvgIpc) is 1.85. The molecule has 3 nitrogen and oxygen atoms in total. The highest BCUT2D eigenvalue weighted by atomic mass is 16.5. The molecule has 0 spiro atoms. The van der Waals surface area contributed by atoms with Crippen molar-refractivity contribution < 1.29 is 9.53 Å². The van der Waals surface area contributed by atoms with Crippen molar-refractivity contribution in [3.63, 3.8) is 0 Å². The van der Waals surface area contributed by atoms with E-state index in [0.29, 0.717) is 12.5 Å². The first kappa shape index (κ1) is 11.4. The molecular formula is C9H19NO2. The Bertz CT molecular complexity index is 153. The molecule has 1 amide bonds. The maximum atomic E-state index is 10.8. The summed E-state index contributed by atoms with van der Waals surface area (Å²) in [6.07, 6.45) is 0.955. The number of carbonyl (C=O) groups is 1. The van der Waals surface area contributed by atoms with Crippen molar-refractivity contribution in [2.75, 3.05) is 6.61 Å². The summed E-state index contributed by atoms with van der Waals surface area (Å²) >= 11 is 0. The van der Waals surface area contributed by atoms with Crippen molar-refractivity contribution >= 4 is 5.91 Å². The van der Waals surface area contributed by atoms with Gasteiger partial charge in [0.15, 0.2) is 0 Å². The Labute approximate surface area is 74.3 Å². The summed E-state index contributed by atoms with van der Waals surface area (Å²) in [5.74, 6) is 0.180. The van der Waals surface area contributed by atoms with Gasteiger partial charge in [-0.25, -0.2) is 0 Å². The monoisotopic (exact) mass is 173 g/mol. The fraction of sp³-hybridized carbons (Fsp3) is 0.889. The second kappa shape index (κ2) is 4.45. The van der Waals surface area contributed by atoms with Crippen LogP contribution in [0.15, 0.2) is 0 Å². The Morgan fingerprint density at radius 2 is 2.00 bits per heavy atom. The molecule has 0 heterocycles. The molecule has 0 unspecified atom stereocenters. The predicted octanol–water partition coefficient (Wildman–Crippen LogP) is 1.31. The predicted molar refractivity (Wildman–Crippen MR) is 48.7 cm³/mol. The van der Waals surface area contributed by atoms with Crippen LogP contribution in [-0.4, -0.2) is 18.1 Å². The van der Waals surface area contributed by atoms with Crippen molar-refractivity contribution in [3.8, 4) is 0 Å². The third-order valence-electron chi connectivity index (χ3n) is 1.75. The molecule has 0 aliphatic rings. The second-order valence-electron chi connectivity index (χ2n) is 3.91. The summed E-state index contributed by atoms with van der Waals surface area (Å²) in [7, 11) is 0. The first-order valence-corrected chi connectivity index (χ1v) is 4.30. The van der Waals surface area contributed by atoms with E-state index in [1.165, 1.54) is 0 Å². The maximum Gasteiger partial charge on any atom is 0.249 e. The molecule has 0 aromatic rings. The van der Waals surface area contributed by atoms with E-state index < -0.39 is 11.5 Å². The minimum atomic E-state index is -0.825. The van der Waals surface area contributed by atoms with Gasteiger partial charge in [-0.05, 0) is 26.2 Å². The van der Waals surface area contributed by atoms with E-state index in [-0.39, 0.29) is 0 Å². The molecule has 0 radical (unpaired) electrons. The molecule has 0 aliphatic heterocycles. The van der Waals surface area contributed by atoms with Gasteiger partial charge in [0.1, 0.15) is 5.60 Å². The molecule has 72 valence electrons. The van der Waals surface area contributed by atoms with Crippen molar-refractivity contribution in [2.45, 2.75) is 39.7 Å². The standard InChI is InChI=1S/C9H19NO2/c1-7(2)5-6-12-9(3,4)8(10)11/h7H,5-6H2,1-4H3,(H2,10,11). The molecule has 0 rings (SSSR count). The number of ether oxygens (including phenoxy) is 1. The molecule has 0 atom stereocenters. The van der Waals surface area contributed by atoms with E-state index in [4.69, 9.17) is 10.5 Å². The first-order chi connectivity index (χ1) is 5.36. The van der Waals surface area contributed by atoms with Crippen molar-refractivity contribution in [2.24, 2.45) is 11.7 Å². The second-order valence-corrected chi connectivity index (χ2v) is 3.91. The number of primary amides is 1. The molecule has 0 fully saturated rings. The van der Waals surface area contributed by atoms with E-state index in [1.807, 2.05) is 0 Å². The van der Waals surface area contributed by atoms with Crippen LogP contribution in [0.5, 0.6) is 0 Å². The Kier molecular flexibility index (Phi) is 4.24. The minimum Gasteiger partial charge on any atom is -0.367 e. The number of amides is 1. The summed E-state index contributed by atoms with van der Waals surface area (Å²) in [6, 6.07) is 0. The van der Waals surface area contributed by atoms with Gasteiger partial charge in [0.25, 0.3) is 0 Å². The van der Waals surface area contributed by atoms with E-state index in [0.717, 1.165) is 6.42 Å². The number of carbonyl (C=O) groups excluding carboxylic acids is 1. The summed E-state index contributed by atoms with van der Waals surface area (Å²) in [5, 5.41) is 0. The maximum absolute atomic E-state index is 10.8. The lowest BCUT2D eigenvalue weighted by Crippen LogP contribution is -2.41. The summed E-state index contributed by atoms with van der Waals surface area (Å²) in [4.78, 5) is 10.8. The van der Waals surface area contributed by atoms with Gasteiger partial charge in [0.2, 0.25) is 5.91 Å². The normalized spacial score (nSPS) is 12.1. The Morgan fingerprint density at radius 3 is 2.33 bits per heavy atom. The van der Waals surface area contributed by atoms with Gasteiger partial charge >= 0.3 is 0 Å². The Hall–Kier alpha value is -0.570. The molecule has 12 heavy (non-hydrogen) atoms. The van der Waals surface area contributed by atoms with Crippen LogP contribution in [0.4, 0.5) is 0 Å². The van der Waals surface area contributed by atoms with Crippen molar-refractivity contribution in [1.29, 1.82) is 0 Å². The van der Waals surface area contributed by atoms with Crippen molar-refractivity contribution in [3.05, 3.63) is 0 Å². The average molecular weight is 173 g/mol. The van der Waals surface area contributed by atoms with Gasteiger partial charge in [-0.1, -0.05) is 13.8 Å². The van der Waals surface area contributed by atoms with Crippen LogP contribution in [0.25, 0.3) is 0 Å². The summed E-state index contributed by atoms with van der Waals surface area (Å²) in [5.41, 5.74) is 4.30. The van der Waals surface area contributed by atoms with E-state index in [2.05, 4.69) is 13.8 Å². The van der Waals surface area contributed by atoms with Gasteiger partial charge in [-0.15, -0.1) is 0 Å². The fourth-order valence-corrected chi connectivity index (χ4v) is 0.621. The van der Waals surface area contributed by atoms with E-state index >= 15 is 0 Å². The first-order valence-electron chi connectivity index (χ1n) is 4.30. The van der Waals surface area contributed by atoms with Crippen LogP contribution >= 0.6 is 0 Å². The van der Waals surface area contributed by atoms with Crippen LogP contribution in [0.2, 0.25) is 0 Å². The molecule has 0 aromatic carbocycles. The lowest BCUT2D eigenvalue weighted by molar-refractivity contribution is -0.139. The lowest BCUT2D eigenvalue weighted by Gasteiger charge is -2.21. The molecule has 0 aliphatic carbocycles. The molecule has 3 heteroatoms. The van der Waals surface area contributed by atoms with Crippen molar-refractivity contribution in [1.82, 2.24) is 0 Å². The SMILES string of the molecule is CC(C)CCOC(C)(C)C(N)=O. The number of hydrogen-bond donors (Lipinski definition) is 1. The Balaban J connectivity index is 3.69. The van der Waals surface area contributed by atoms with Crippen LogP contribution < -0.4 is 5.73 Å². The summed E-state index contributed by atoms with van der Waals surface area (Å²) < 4.78 is 5.33. The molecule has 2 N–H and O–H groups in total. The lowest BCUT2D eigenvalue weighted by atomic mass is 10.1. The molecular weight excluding hydrogens is 154 g/mol. The van der Waals surface area contributed by atoms with Crippen LogP contribution in [-0.2, 0) is 9.53 Å². The quantitative estimate of drug-likeness (QED) is 0.681. The van der Waals surface area contributed by atoms with Gasteiger partial charge in [-0.3, -0.25) is 4.79 Å². The molecule has 0 saturated carbocycles. The molecule has 0 aromatic heterocycles. The zero-order valence-corrected chi connectivity index (χ0v) is 8.39. The number of hydrogen-bond acceptors (Lipinski definition) is 2. The largest absolute Gasteiger partial charge is 0.367 e. The van der Waals surface area contributed by atoms with Gasteiger partial charge in [0, 0.05) is 6.61 Å². The highest BCUT2D eigenvalue weighted by Gasteiger charge is 2.25. The van der Waals surface area contributed by atoms with Gasteiger partial charge in [-0.2, -0.15) is 0 Å². The third kappa shape index (κ3) is 4.34. The zero-order chi connectivity index (χ0) is 9.78. The van der Waals surface area contributed by atoms with Crippen LogP contribution in [0.3, 0.4) is 0 Å². The summed E-state index contributed by atoms with van der Waals surface area (Å²) in [6.45, 7) is 8.19. The van der Waals surface area contributed by atoms with Crippen LogP contribution in [0.1, 0.15) is 34.1 Å². The molecule has 0 saturated heterocycles. The number of nitrogens with two attached hydrogens (primary N) is 1. The highest BCUT2D eigenvalue weighted by molar-refractivity contribution is 5.82. The number of rotatable bonds is 5. The van der Waals surface area contributed by atoms with E-state index in [1.54, 1.807) is 13.8 Å². The molecule has 0 bridgehead atoms. The third-order valence-corrected chi connectivity index (χ3v) is 1.75. The van der Waals surface area contributed by atoms with Crippen LogP contribution in [0, 0.1) is 5.92 Å². The van der Waals surface area contributed by atoms with Gasteiger partial charge < -0.3 is 10.5 Å².